The molecule has 2 unspecified atom stereocenters. The molecule has 1 fully saturated rings. The van der Waals surface area contributed by atoms with Gasteiger partial charge in [-0.25, -0.2) is 0 Å². The van der Waals surface area contributed by atoms with E-state index in [4.69, 9.17) is 22.1 Å². The number of anilines is 2. The van der Waals surface area contributed by atoms with Gasteiger partial charge in [0.1, 0.15) is 0 Å². The van der Waals surface area contributed by atoms with Gasteiger partial charge in [0.15, 0.2) is 0 Å². The fourth-order valence-electron chi connectivity index (χ4n) is 2.33. The highest BCUT2D eigenvalue weighted by atomic mass is 35.5. The summed E-state index contributed by atoms with van der Waals surface area (Å²) >= 11 is 6.06. The fourth-order valence-corrected chi connectivity index (χ4v) is 2.57. The van der Waals surface area contributed by atoms with Gasteiger partial charge in [-0.1, -0.05) is 11.6 Å². The molecule has 1 aromatic rings. The molecule has 0 spiro atoms. The van der Waals surface area contributed by atoms with Crippen molar-refractivity contribution in [3.63, 3.8) is 0 Å². The third-order valence-corrected chi connectivity index (χ3v) is 4.00. The molecule has 1 aromatic carbocycles. The van der Waals surface area contributed by atoms with Crippen molar-refractivity contribution in [2.75, 3.05) is 31.2 Å². The Kier molecular flexibility index (Phi) is 4.86. The minimum atomic E-state index is -0.219. The Labute approximate surface area is 124 Å². The van der Waals surface area contributed by atoms with Crippen molar-refractivity contribution >= 4 is 28.9 Å². The summed E-state index contributed by atoms with van der Waals surface area (Å²) in [6.45, 7) is 3.53. The molecule has 1 amide bonds. The van der Waals surface area contributed by atoms with E-state index in [9.17, 15) is 4.79 Å². The smallest absolute Gasteiger partial charge is 0.241 e. The second kappa shape index (κ2) is 6.43. The quantitative estimate of drug-likeness (QED) is 0.834. The van der Waals surface area contributed by atoms with Crippen molar-refractivity contribution in [1.29, 1.82) is 0 Å². The molecule has 20 heavy (non-hydrogen) atoms. The Hall–Kier alpha value is -1.30. The van der Waals surface area contributed by atoms with Crippen molar-refractivity contribution in [3.8, 4) is 0 Å². The molecule has 0 aromatic heterocycles. The van der Waals surface area contributed by atoms with Crippen molar-refractivity contribution in [2.24, 2.45) is 0 Å². The molecule has 2 atom stereocenters. The number of benzene rings is 1. The molecule has 110 valence electrons. The summed E-state index contributed by atoms with van der Waals surface area (Å²) in [5.74, 6) is -0.0755. The molecule has 0 saturated carbocycles. The lowest BCUT2D eigenvalue weighted by atomic mass is 10.2. The van der Waals surface area contributed by atoms with E-state index in [-0.39, 0.29) is 18.1 Å². The van der Waals surface area contributed by atoms with Gasteiger partial charge in [0.25, 0.3) is 0 Å². The molecule has 0 bridgehead atoms. The largest absolute Gasteiger partial charge is 0.399 e. The van der Waals surface area contributed by atoms with Crippen molar-refractivity contribution < 1.29 is 9.53 Å². The van der Waals surface area contributed by atoms with Crippen LogP contribution in [0.15, 0.2) is 18.2 Å². The summed E-state index contributed by atoms with van der Waals surface area (Å²) in [5.41, 5.74) is 6.79. The molecule has 0 aliphatic carbocycles. The molecule has 1 heterocycles. The van der Waals surface area contributed by atoms with E-state index >= 15 is 0 Å². The highest BCUT2D eigenvalue weighted by molar-refractivity contribution is 6.34. The van der Waals surface area contributed by atoms with Gasteiger partial charge in [-0.15, -0.1) is 0 Å². The summed E-state index contributed by atoms with van der Waals surface area (Å²) in [4.78, 5) is 14.4. The number of nitrogens with one attached hydrogen (secondary N) is 1. The predicted octanol–water partition coefficient (Wildman–Crippen LogP) is 1.97. The molecule has 2 rings (SSSR count). The SMILES string of the molecule is COC1CCN(C(C)C(=O)Nc2ccc(N)cc2Cl)C1. The second-order valence-electron chi connectivity index (χ2n) is 5.05. The van der Waals surface area contributed by atoms with Crippen LogP contribution >= 0.6 is 11.6 Å². The van der Waals surface area contributed by atoms with Crippen LogP contribution in [-0.2, 0) is 9.53 Å². The Balaban J connectivity index is 1.97. The molecule has 1 aliphatic heterocycles. The maximum Gasteiger partial charge on any atom is 0.241 e. The molecule has 6 heteroatoms. The zero-order valence-corrected chi connectivity index (χ0v) is 12.5. The lowest BCUT2D eigenvalue weighted by molar-refractivity contribution is -0.120. The van der Waals surface area contributed by atoms with Crippen molar-refractivity contribution in [2.45, 2.75) is 25.5 Å². The maximum atomic E-state index is 12.2. The standard InChI is InChI=1S/C14H20ClN3O2/c1-9(18-6-5-11(8-18)20-2)14(19)17-13-4-3-10(16)7-12(13)15/h3-4,7,9,11H,5-6,8,16H2,1-2H3,(H,17,19). The first-order valence-corrected chi connectivity index (χ1v) is 7.01. The number of likely N-dealkylation sites (tertiary alicyclic amines) is 1. The minimum absolute atomic E-state index is 0.0755. The third kappa shape index (κ3) is 3.42. The maximum absolute atomic E-state index is 12.2. The summed E-state index contributed by atoms with van der Waals surface area (Å²) in [6.07, 6.45) is 1.17. The number of hydrogen-bond acceptors (Lipinski definition) is 4. The van der Waals surface area contributed by atoms with E-state index in [1.165, 1.54) is 0 Å². The van der Waals surface area contributed by atoms with Crippen molar-refractivity contribution in [1.82, 2.24) is 4.90 Å². The lowest BCUT2D eigenvalue weighted by Crippen LogP contribution is -2.41. The Morgan fingerprint density at radius 3 is 2.95 bits per heavy atom. The zero-order chi connectivity index (χ0) is 14.7. The number of halogens is 1. The number of carbonyl (C=O) groups is 1. The van der Waals surface area contributed by atoms with Crippen LogP contribution in [0.3, 0.4) is 0 Å². The van der Waals surface area contributed by atoms with Gasteiger partial charge >= 0.3 is 0 Å². The molecule has 3 N–H and O–H groups in total. The van der Waals surface area contributed by atoms with Crippen LogP contribution in [0.5, 0.6) is 0 Å². The molecular weight excluding hydrogens is 278 g/mol. The average molecular weight is 298 g/mol. The molecule has 1 saturated heterocycles. The van der Waals surface area contributed by atoms with Crippen LogP contribution in [-0.4, -0.2) is 43.2 Å². The van der Waals surface area contributed by atoms with Gasteiger partial charge in [-0.05, 0) is 31.5 Å². The number of nitrogens with two attached hydrogens (primary N) is 1. The first-order chi connectivity index (χ1) is 9.51. The van der Waals surface area contributed by atoms with E-state index < -0.39 is 0 Å². The first kappa shape index (κ1) is 15.1. The fraction of sp³-hybridized carbons (Fsp3) is 0.500. The van der Waals surface area contributed by atoms with E-state index in [2.05, 4.69) is 10.2 Å². The van der Waals surface area contributed by atoms with Gasteiger partial charge in [-0.3, -0.25) is 9.69 Å². The van der Waals surface area contributed by atoms with Crippen LogP contribution in [0, 0.1) is 0 Å². The highest BCUT2D eigenvalue weighted by Crippen LogP contribution is 2.24. The van der Waals surface area contributed by atoms with Gasteiger partial charge < -0.3 is 15.8 Å². The Morgan fingerprint density at radius 1 is 1.60 bits per heavy atom. The number of amides is 1. The highest BCUT2D eigenvalue weighted by Gasteiger charge is 2.29. The summed E-state index contributed by atoms with van der Waals surface area (Å²) < 4.78 is 5.31. The van der Waals surface area contributed by atoms with Crippen LogP contribution in [0.2, 0.25) is 5.02 Å². The van der Waals surface area contributed by atoms with Gasteiger partial charge in [-0.2, -0.15) is 0 Å². The van der Waals surface area contributed by atoms with Gasteiger partial charge in [0.2, 0.25) is 5.91 Å². The lowest BCUT2D eigenvalue weighted by Gasteiger charge is -2.23. The molecule has 5 nitrogen and oxygen atoms in total. The summed E-state index contributed by atoms with van der Waals surface area (Å²) in [6, 6.07) is 4.83. The normalized spacial score (nSPS) is 20.9. The van der Waals surface area contributed by atoms with E-state index in [0.29, 0.717) is 16.4 Å². The van der Waals surface area contributed by atoms with Gasteiger partial charge in [0, 0.05) is 25.9 Å². The van der Waals surface area contributed by atoms with Crippen LogP contribution < -0.4 is 11.1 Å². The molecular formula is C14H20ClN3O2. The number of nitrogen functional groups attached to an aromatic ring is 1. The van der Waals surface area contributed by atoms with Gasteiger partial charge in [0.05, 0.1) is 22.9 Å². The first-order valence-electron chi connectivity index (χ1n) is 6.64. The second-order valence-corrected chi connectivity index (χ2v) is 5.45. The predicted molar refractivity (Wildman–Crippen MR) is 80.9 cm³/mol. The summed E-state index contributed by atoms with van der Waals surface area (Å²) in [5, 5.41) is 3.28. The van der Waals surface area contributed by atoms with Crippen LogP contribution in [0.1, 0.15) is 13.3 Å². The van der Waals surface area contributed by atoms with E-state index in [1.54, 1.807) is 25.3 Å². The topological polar surface area (TPSA) is 67.6 Å². The van der Waals surface area contributed by atoms with Crippen LogP contribution in [0.25, 0.3) is 0 Å². The summed E-state index contributed by atoms with van der Waals surface area (Å²) in [7, 11) is 1.70. The average Bonchev–Trinajstić information content (AvgIpc) is 2.89. The van der Waals surface area contributed by atoms with E-state index in [1.807, 2.05) is 6.92 Å². The number of nitrogens with zero attached hydrogens (tertiary/aromatic N) is 1. The molecule has 0 radical (unpaired) electrons. The number of hydrogen-bond donors (Lipinski definition) is 2. The number of methoxy groups -OCH3 is 1. The number of carbonyl (C=O) groups excluding carboxylic acids is 1. The zero-order valence-electron chi connectivity index (χ0n) is 11.7. The third-order valence-electron chi connectivity index (χ3n) is 3.69. The van der Waals surface area contributed by atoms with E-state index in [0.717, 1.165) is 19.5 Å². The number of rotatable bonds is 4. The monoisotopic (exact) mass is 297 g/mol. The number of ether oxygens (including phenoxy) is 1. The Bertz CT molecular complexity index is 495. The minimum Gasteiger partial charge on any atom is -0.399 e. The van der Waals surface area contributed by atoms with Crippen LogP contribution in [0.4, 0.5) is 11.4 Å². The Morgan fingerprint density at radius 2 is 2.35 bits per heavy atom. The van der Waals surface area contributed by atoms with Crippen molar-refractivity contribution in [3.05, 3.63) is 23.2 Å². The molecule has 1 aliphatic rings.